The number of hydrogen-bond acceptors (Lipinski definition) is 6. The van der Waals surface area contributed by atoms with Crippen LogP contribution >= 0.6 is 11.6 Å². The number of aromatic nitrogens is 2. The Labute approximate surface area is 259 Å². The fourth-order valence-corrected chi connectivity index (χ4v) is 10.9. The highest BCUT2D eigenvalue weighted by atomic mass is 35.5. The summed E-state index contributed by atoms with van der Waals surface area (Å²) in [6, 6.07) is 23.5. The molecule has 0 N–H and O–H groups in total. The molecule has 2 aromatic heterocycles. The van der Waals surface area contributed by atoms with Crippen molar-refractivity contribution in [3.63, 3.8) is 0 Å². The summed E-state index contributed by atoms with van der Waals surface area (Å²) >= 11 is 6.82. The normalized spacial score (nSPS) is 17.6. The van der Waals surface area contributed by atoms with Crippen LogP contribution in [-0.2, 0) is 15.8 Å². The number of morpholine rings is 1. The largest absolute Gasteiger partial charge is 0.401 e. The molecule has 224 valence electrons. The van der Waals surface area contributed by atoms with Crippen LogP contribution in [0.1, 0.15) is 50.7 Å². The topological polar surface area (TPSA) is 64.5 Å². The Kier molecular flexibility index (Phi) is 9.13. The molecule has 9 heteroatoms. The van der Waals surface area contributed by atoms with Gasteiger partial charge in [0, 0.05) is 24.8 Å². The standard InChI is InChI=1S/C34H37ClFN3O3Si/c1-23-19-39(20-24(2)42-23)30-17-16-28(36)33(38-30)31-29(37-18-25(21-40)32(31)35)22-41-43(34(3,4)5,26-12-8-6-9-13-26)27-14-10-7-11-15-27/h6-18,21,23-24H,19-20,22H2,1-5H3/t23-,24+. The Balaban J connectivity index is 1.63. The van der Waals surface area contributed by atoms with Crippen molar-refractivity contribution in [1.29, 1.82) is 0 Å². The van der Waals surface area contributed by atoms with E-state index in [1.54, 1.807) is 6.07 Å². The van der Waals surface area contributed by atoms with Gasteiger partial charge < -0.3 is 14.1 Å². The minimum Gasteiger partial charge on any atom is -0.401 e. The van der Waals surface area contributed by atoms with Gasteiger partial charge in [0.25, 0.3) is 8.32 Å². The molecule has 0 bridgehead atoms. The average Bonchev–Trinajstić information content (AvgIpc) is 2.98. The van der Waals surface area contributed by atoms with Gasteiger partial charge in [0.05, 0.1) is 35.1 Å². The van der Waals surface area contributed by atoms with Crippen molar-refractivity contribution in [2.24, 2.45) is 0 Å². The van der Waals surface area contributed by atoms with Gasteiger partial charge in [-0.15, -0.1) is 0 Å². The van der Waals surface area contributed by atoms with Crippen LogP contribution in [-0.4, -0.2) is 49.9 Å². The maximum Gasteiger partial charge on any atom is 0.261 e. The number of carbonyl (C=O) groups excluding carboxylic acids is 1. The van der Waals surface area contributed by atoms with E-state index in [1.165, 1.54) is 12.3 Å². The zero-order valence-electron chi connectivity index (χ0n) is 25.2. The number of carbonyl (C=O) groups is 1. The molecule has 6 nitrogen and oxygen atoms in total. The van der Waals surface area contributed by atoms with E-state index < -0.39 is 14.1 Å². The molecule has 4 aromatic rings. The van der Waals surface area contributed by atoms with Crippen LogP contribution in [0.25, 0.3) is 11.3 Å². The van der Waals surface area contributed by atoms with E-state index in [0.717, 1.165) is 10.4 Å². The highest BCUT2D eigenvalue weighted by Gasteiger charge is 2.50. The second kappa shape index (κ2) is 12.7. The van der Waals surface area contributed by atoms with Crippen molar-refractivity contribution in [2.45, 2.75) is 58.5 Å². The lowest BCUT2D eigenvalue weighted by molar-refractivity contribution is -0.00545. The van der Waals surface area contributed by atoms with Gasteiger partial charge in [-0.2, -0.15) is 0 Å². The predicted octanol–water partition coefficient (Wildman–Crippen LogP) is 6.44. The third kappa shape index (κ3) is 6.15. The van der Waals surface area contributed by atoms with Crippen molar-refractivity contribution in [3.8, 4) is 11.3 Å². The predicted molar refractivity (Wildman–Crippen MR) is 172 cm³/mol. The lowest BCUT2D eigenvalue weighted by atomic mass is 10.1. The van der Waals surface area contributed by atoms with Crippen LogP contribution in [0.4, 0.5) is 10.2 Å². The highest BCUT2D eigenvalue weighted by Crippen LogP contribution is 2.39. The van der Waals surface area contributed by atoms with Gasteiger partial charge in [0.15, 0.2) is 6.29 Å². The number of ether oxygens (including phenoxy) is 1. The fraction of sp³-hybridized carbons (Fsp3) is 0.324. The first kappa shape index (κ1) is 31.0. The molecule has 0 radical (unpaired) electrons. The van der Waals surface area contributed by atoms with Crippen molar-refractivity contribution in [3.05, 3.63) is 101 Å². The Morgan fingerprint density at radius 1 is 1.00 bits per heavy atom. The number of nitrogens with zero attached hydrogens (tertiary/aromatic N) is 3. The van der Waals surface area contributed by atoms with Crippen LogP contribution in [0.5, 0.6) is 0 Å². The van der Waals surface area contributed by atoms with E-state index >= 15 is 4.39 Å². The Morgan fingerprint density at radius 3 is 2.12 bits per heavy atom. The monoisotopic (exact) mass is 617 g/mol. The van der Waals surface area contributed by atoms with Gasteiger partial charge >= 0.3 is 0 Å². The second-order valence-electron chi connectivity index (χ2n) is 12.1. The van der Waals surface area contributed by atoms with E-state index in [1.807, 2.05) is 50.2 Å². The van der Waals surface area contributed by atoms with Crippen LogP contribution in [0.2, 0.25) is 10.1 Å². The van der Waals surface area contributed by atoms with Crippen molar-refractivity contribution < 1.29 is 18.3 Å². The molecule has 0 aliphatic carbocycles. The first-order valence-corrected chi connectivity index (χ1v) is 16.8. The molecule has 1 aliphatic heterocycles. The summed E-state index contributed by atoms with van der Waals surface area (Å²) in [5.74, 6) is 0.0429. The quantitative estimate of drug-likeness (QED) is 0.168. The van der Waals surface area contributed by atoms with Crippen LogP contribution in [0, 0.1) is 5.82 Å². The third-order valence-corrected chi connectivity index (χ3v) is 13.3. The third-order valence-electron chi connectivity index (χ3n) is 7.90. The summed E-state index contributed by atoms with van der Waals surface area (Å²) in [5, 5.41) is 2.02. The fourth-order valence-electron chi connectivity index (χ4n) is 6.06. The molecule has 0 amide bonds. The summed E-state index contributed by atoms with van der Waals surface area (Å²) in [4.78, 5) is 23.4. The van der Waals surface area contributed by atoms with E-state index in [-0.39, 0.29) is 45.7 Å². The molecule has 3 heterocycles. The minimum atomic E-state index is -2.95. The first-order chi connectivity index (χ1) is 20.5. The Hall–Kier alpha value is -3.43. The van der Waals surface area contributed by atoms with Crippen molar-refractivity contribution >= 4 is 42.4 Å². The van der Waals surface area contributed by atoms with E-state index in [9.17, 15) is 4.79 Å². The van der Waals surface area contributed by atoms with Gasteiger partial charge in [-0.05, 0) is 41.4 Å². The van der Waals surface area contributed by atoms with Gasteiger partial charge in [-0.3, -0.25) is 9.78 Å². The van der Waals surface area contributed by atoms with E-state index in [4.69, 9.17) is 25.7 Å². The molecule has 2 aromatic carbocycles. The summed E-state index contributed by atoms with van der Waals surface area (Å²) in [7, 11) is -2.95. The highest BCUT2D eigenvalue weighted by molar-refractivity contribution is 6.99. The number of hydrogen-bond donors (Lipinski definition) is 0. The molecule has 0 saturated carbocycles. The molecule has 0 unspecified atom stereocenters. The Bertz CT molecular complexity index is 1530. The van der Waals surface area contributed by atoms with Crippen molar-refractivity contribution in [2.75, 3.05) is 18.0 Å². The van der Waals surface area contributed by atoms with E-state index in [2.05, 4.69) is 54.9 Å². The van der Waals surface area contributed by atoms with Crippen LogP contribution in [0.3, 0.4) is 0 Å². The molecule has 2 atom stereocenters. The maximum atomic E-state index is 15.7. The zero-order chi connectivity index (χ0) is 30.8. The molecular weight excluding hydrogens is 581 g/mol. The summed E-state index contributed by atoms with van der Waals surface area (Å²) in [6.45, 7) is 11.8. The molecule has 1 fully saturated rings. The first-order valence-electron chi connectivity index (χ1n) is 14.5. The number of aldehydes is 1. The maximum absolute atomic E-state index is 15.7. The van der Waals surface area contributed by atoms with Gasteiger partial charge in [0.1, 0.15) is 17.3 Å². The number of halogens is 2. The lowest BCUT2D eigenvalue weighted by Gasteiger charge is -2.43. The SMILES string of the molecule is C[C@@H]1CN(c2ccc(F)c(-c3c(CO[Si](c4ccccc4)(c4ccccc4)C(C)(C)C)ncc(C=O)c3Cl)n2)C[C@H](C)O1. The van der Waals surface area contributed by atoms with Crippen LogP contribution in [0.15, 0.2) is 79.0 Å². The molecule has 43 heavy (non-hydrogen) atoms. The molecule has 1 aliphatic rings. The second-order valence-corrected chi connectivity index (χ2v) is 16.8. The summed E-state index contributed by atoms with van der Waals surface area (Å²) in [5.41, 5.74) is 0.867. The molecule has 1 saturated heterocycles. The van der Waals surface area contributed by atoms with E-state index in [0.29, 0.717) is 30.9 Å². The minimum absolute atomic E-state index is 0.00175. The van der Waals surface area contributed by atoms with Gasteiger partial charge in [-0.1, -0.05) is 93.0 Å². The lowest BCUT2D eigenvalue weighted by Crippen LogP contribution is -2.66. The number of pyridine rings is 2. The van der Waals surface area contributed by atoms with Gasteiger partial charge in [0.2, 0.25) is 0 Å². The summed E-state index contributed by atoms with van der Waals surface area (Å²) < 4.78 is 28.6. The average molecular weight is 618 g/mol. The van der Waals surface area contributed by atoms with Crippen LogP contribution < -0.4 is 15.3 Å². The zero-order valence-corrected chi connectivity index (χ0v) is 26.9. The molecular formula is C34H37ClFN3O3Si. The number of rotatable bonds is 8. The summed E-state index contributed by atoms with van der Waals surface area (Å²) in [6.07, 6.45) is 2.03. The van der Waals surface area contributed by atoms with Gasteiger partial charge in [-0.25, -0.2) is 9.37 Å². The number of benzene rings is 2. The molecule has 5 rings (SSSR count). The molecule has 0 spiro atoms. The van der Waals surface area contributed by atoms with Crippen molar-refractivity contribution in [1.82, 2.24) is 9.97 Å². The number of anilines is 1. The smallest absolute Gasteiger partial charge is 0.261 e. The Morgan fingerprint density at radius 2 is 1.58 bits per heavy atom.